The summed E-state index contributed by atoms with van der Waals surface area (Å²) >= 11 is 9.43. The molecule has 0 radical (unpaired) electrons. The topological polar surface area (TPSA) is 20.3 Å². The summed E-state index contributed by atoms with van der Waals surface area (Å²) in [5.41, 5.74) is 0.572. The lowest BCUT2D eigenvalue weighted by Gasteiger charge is -2.22. The van der Waals surface area contributed by atoms with E-state index in [1.807, 2.05) is 11.0 Å². The van der Waals surface area contributed by atoms with Crippen LogP contribution in [0.5, 0.6) is 0 Å². The van der Waals surface area contributed by atoms with Crippen LogP contribution < -0.4 is 0 Å². The fourth-order valence-corrected chi connectivity index (χ4v) is 2.25. The van der Waals surface area contributed by atoms with Crippen LogP contribution in [0.4, 0.5) is 0 Å². The summed E-state index contributed by atoms with van der Waals surface area (Å²) in [5, 5.41) is 0.510. The van der Waals surface area contributed by atoms with E-state index in [2.05, 4.69) is 29.8 Å². The Bertz CT molecular complexity index is 389. The van der Waals surface area contributed by atoms with Crippen LogP contribution in [0.25, 0.3) is 0 Å². The molecule has 1 aromatic carbocycles. The van der Waals surface area contributed by atoms with Gasteiger partial charge in [-0.2, -0.15) is 0 Å². The van der Waals surface area contributed by atoms with Crippen molar-refractivity contribution in [3.8, 4) is 0 Å². The molecule has 0 unspecified atom stereocenters. The maximum absolute atomic E-state index is 12.3. The van der Waals surface area contributed by atoms with E-state index in [4.69, 9.17) is 11.6 Å². The minimum atomic E-state index is 0.0139. The number of rotatable bonds is 5. The zero-order valence-electron chi connectivity index (χ0n) is 10.2. The van der Waals surface area contributed by atoms with Gasteiger partial charge in [-0.15, -0.1) is 0 Å². The van der Waals surface area contributed by atoms with Gasteiger partial charge in [0.1, 0.15) is 0 Å². The van der Waals surface area contributed by atoms with Crippen molar-refractivity contribution < 1.29 is 4.79 Å². The smallest absolute Gasteiger partial charge is 0.255 e. The third-order valence-electron chi connectivity index (χ3n) is 2.43. The van der Waals surface area contributed by atoms with Crippen molar-refractivity contribution in [2.75, 3.05) is 13.1 Å². The highest BCUT2D eigenvalue weighted by Crippen LogP contribution is 2.22. The first-order valence-electron chi connectivity index (χ1n) is 5.84. The molecule has 0 bridgehead atoms. The van der Waals surface area contributed by atoms with Gasteiger partial charge >= 0.3 is 0 Å². The van der Waals surface area contributed by atoms with Crippen molar-refractivity contribution in [1.29, 1.82) is 0 Å². The zero-order chi connectivity index (χ0) is 12.8. The van der Waals surface area contributed by atoms with Gasteiger partial charge in [0.15, 0.2) is 0 Å². The summed E-state index contributed by atoms with van der Waals surface area (Å²) in [4.78, 5) is 14.2. The average Bonchev–Trinajstić information content (AvgIpc) is 2.31. The molecule has 1 aromatic rings. The molecule has 1 rings (SSSR count). The Morgan fingerprint density at radius 3 is 2.41 bits per heavy atom. The van der Waals surface area contributed by atoms with E-state index in [0.29, 0.717) is 10.6 Å². The quantitative estimate of drug-likeness (QED) is 0.789. The summed E-state index contributed by atoms with van der Waals surface area (Å²) in [6.07, 6.45) is 1.91. The Balaban J connectivity index is 2.95. The molecule has 17 heavy (non-hydrogen) atoms. The maximum Gasteiger partial charge on any atom is 0.255 e. The van der Waals surface area contributed by atoms with Crippen LogP contribution in [0.1, 0.15) is 37.0 Å². The lowest BCUT2D eigenvalue weighted by Crippen LogP contribution is -2.32. The molecule has 0 fully saturated rings. The molecule has 0 aliphatic rings. The molecule has 0 saturated carbocycles. The van der Waals surface area contributed by atoms with Crippen LogP contribution in [0.3, 0.4) is 0 Å². The number of carbonyl (C=O) groups is 1. The Morgan fingerprint density at radius 1 is 1.29 bits per heavy atom. The van der Waals surface area contributed by atoms with Crippen LogP contribution in [0, 0.1) is 0 Å². The largest absolute Gasteiger partial charge is 0.339 e. The fraction of sp³-hybridized carbons (Fsp3) is 0.462. The third kappa shape index (κ3) is 4.00. The molecular weight excluding hydrogens is 302 g/mol. The number of hydrogen-bond acceptors (Lipinski definition) is 1. The van der Waals surface area contributed by atoms with E-state index in [1.54, 1.807) is 12.1 Å². The lowest BCUT2D eigenvalue weighted by atomic mass is 10.2. The lowest BCUT2D eigenvalue weighted by molar-refractivity contribution is 0.0755. The molecule has 0 aliphatic heterocycles. The maximum atomic E-state index is 12.3. The summed E-state index contributed by atoms with van der Waals surface area (Å²) in [5.74, 6) is 0.0139. The standard InChI is InChI=1S/C13H17BrClNO/c1-3-7-16(8-4-2)13(17)11-9-10(14)5-6-12(11)15/h5-6,9H,3-4,7-8H2,1-2H3. The predicted octanol–water partition coefficient (Wildman–Crippen LogP) is 4.36. The van der Waals surface area contributed by atoms with Crippen molar-refractivity contribution in [2.24, 2.45) is 0 Å². The number of nitrogens with zero attached hydrogens (tertiary/aromatic N) is 1. The molecule has 0 heterocycles. The van der Waals surface area contributed by atoms with Crippen molar-refractivity contribution in [3.05, 3.63) is 33.3 Å². The molecule has 94 valence electrons. The highest BCUT2D eigenvalue weighted by molar-refractivity contribution is 9.10. The second-order valence-corrected chi connectivity index (χ2v) is 5.24. The van der Waals surface area contributed by atoms with Crippen LogP contribution in [0.15, 0.2) is 22.7 Å². The molecule has 0 N–H and O–H groups in total. The number of halogens is 2. The second kappa shape index (κ2) is 7.02. The van der Waals surface area contributed by atoms with Gasteiger partial charge in [0.05, 0.1) is 10.6 Å². The van der Waals surface area contributed by atoms with Gasteiger partial charge in [0.25, 0.3) is 5.91 Å². The first kappa shape index (κ1) is 14.5. The highest BCUT2D eigenvalue weighted by Gasteiger charge is 2.17. The normalized spacial score (nSPS) is 10.4. The third-order valence-corrected chi connectivity index (χ3v) is 3.26. The zero-order valence-corrected chi connectivity index (χ0v) is 12.5. The summed E-state index contributed by atoms with van der Waals surface area (Å²) in [6, 6.07) is 5.36. The minimum Gasteiger partial charge on any atom is -0.339 e. The van der Waals surface area contributed by atoms with Gasteiger partial charge < -0.3 is 4.90 Å². The monoisotopic (exact) mass is 317 g/mol. The Labute approximate surface area is 116 Å². The molecule has 2 nitrogen and oxygen atoms in total. The van der Waals surface area contributed by atoms with Crippen LogP contribution in [-0.2, 0) is 0 Å². The van der Waals surface area contributed by atoms with Gasteiger partial charge in [0, 0.05) is 17.6 Å². The number of amides is 1. The highest BCUT2D eigenvalue weighted by atomic mass is 79.9. The van der Waals surface area contributed by atoms with Gasteiger partial charge in [-0.1, -0.05) is 41.4 Å². The summed E-state index contributed by atoms with van der Waals surface area (Å²) in [6.45, 7) is 5.68. The molecule has 0 aromatic heterocycles. The summed E-state index contributed by atoms with van der Waals surface area (Å²) < 4.78 is 0.873. The van der Waals surface area contributed by atoms with E-state index >= 15 is 0 Å². The number of benzene rings is 1. The van der Waals surface area contributed by atoms with Crippen LogP contribution in [0.2, 0.25) is 5.02 Å². The van der Waals surface area contributed by atoms with Crippen molar-refractivity contribution in [3.63, 3.8) is 0 Å². The first-order chi connectivity index (χ1) is 8.10. The minimum absolute atomic E-state index is 0.0139. The van der Waals surface area contributed by atoms with E-state index < -0.39 is 0 Å². The fourth-order valence-electron chi connectivity index (χ4n) is 1.69. The van der Waals surface area contributed by atoms with Crippen molar-refractivity contribution >= 4 is 33.4 Å². The van der Waals surface area contributed by atoms with Gasteiger partial charge in [-0.05, 0) is 31.0 Å². The predicted molar refractivity (Wildman–Crippen MR) is 75.6 cm³/mol. The molecule has 1 amide bonds. The number of carbonyl (C=O) groups excluding carboxylic acids is 1. The molecule has 0 atom stereocenters. The van der Waals surface area contributed by atoms with Crippen LogP contribution in [-0.4, -0.2) is 23.9 Å². The van der Waals surface area contributed by atoms with Crippen LogP contribution >= 0.6 is 27.5 Å². The van der Waals surface area contributed by atoms with E-state index in [0.717, 1.165) is 30.4 Å². The van der Waals surface area contributed by atoms with Gasteiger partial charge in [0.2, 0.25) is 0 Å². The van der Waals surface area contributed by atoms with E-state index in [-0.39, 0.29) is 5.91 Å². The van der Waals surface area contributed by atoms with Crippen molar-refractivity contribution in [2.45, 2.75) is 26.7 Å². The Hall–Kier alpha value is -0.540. The Morgan fingerprint density at radius 2 is 1.88 bits per heavy atom. The van der Waals surface area contributed by atoms with E-state index in [9.17, 15) is 4.79 Å². The van der Waals surface area contributed by atoms with Gasteiger partial charge in [-0.25, -0.2) is 0 Å². The molecule has 4 heteroatoms. The first-order valence-corrected chi connectivity index (χ1v) is 7.01. The molecule has 0 saturated heterocycles. The SMILES string of the molecule is CCCN(CCC)C(=O)c1cc(Br)ccc1Cl. The van der Waals surface area contributed by atoms with E-state index in [1.165, 1.54) is 0 Å². The Kier molecular flexibility index (Phi) is 6.00. The summed E-state index contributed by atoms with van der Waals surface area (Å²) in [7, 11) is 0. The number of hydrogen-bond donors (Lipinski definition) is 0. The van der Waals surface area contributed by atoms with Crippen molar-refractivity contribution in [1.82, 2.24) is 4.90 Å². The average molecular weight is 319 g/mol. The molecular formula is C13H17BrClNO. The second-order valence-electron chi connectivity index (χ2n) is 3.92. The van der Waals surface area contributed by atoms with Gasteiger partial charge in [-0.3, -0.25) is 4.79 Å². The molecule has 0 spiro atoms. The molecule has 0 aliphatic carbocycles.